The van der Waals surface area contributed by atoms with Crippen LogP contribution >= 0.6 is 15.9 Å². The third-order valence-corrected chi connectivity index (χ3v) is 1.59. The van der Waals surface area contributed by atoms with Crippen LogP contribution < -0.4 is 5.32 Å². The summed E-state index contributed by atoms with van der Waals surface area (Å²) in [4.78, 5) is 10.7. The first-order valence-corrected chi connectivity index (χ1v) is 4.90. The molecule has 0 aliphatic carbocycles. The second-order valence-electron chi connectivity index (χ2n) is 2.11. The zero-order chi connectivity index (χ0) is 8.53. The molecule has 0 atom stereocenters. The van der Waals surface area contributed by atoms with Crippen LogP contribution in [0.1, 0.15) is 19.8 Å². The van der Waals surface area contributed by atoms with E-state index >= 15 is 0 Å². The highest BCUT2D eigenvalue weighted by atomic mass is 79.9. The van der Waals surface area contributed by atoms with Crippen molar-refractivity contribution >= 4 is 22.0 Å². The number of hydrogen-bond acceptors (Lipinski definition) is 2. The minimum atomic E-state index is -0.312. The molecule has 0 saturated carbocycles. The number of nitrogens with one attached hydrogen (secondary N) is 1. The topological polar surface area (TPSA) is 38.3 Å². The Morgan fingerprint density at radius 1 is 1.64 bits per heavy atom. The standard InChI is InChI=1S/C7H14BrNO2/c1-2-5-9-7(10)11-6-3-4-8/h2-6H2,1H3,(H,9,10). The summed E-state index contributed by atoms with van der Waals surface area (Å²) in [5.41, 5.74) is 0. The zero-order valence-electron chi connectivity index (χ0n) is 6.73. The van der Waals surface area contributed by atoms with Crippen molar-refractivity contribution in [3.05, 3.63) is 0 Å². The van der Waals surface area contributed by atoms with Crippen LogP contribution in [0.25, 0.3) is 0 Å². The molecule has 0 aliphatic rings. The molecule has 0 aromatic heterocycles. The maximum Gasteiger partial charge on any atom is 0.407 e. The first-order chi connectivity index (χ1) is 5.31. The monoisotopic (exact) mass is 223 g/mol. The van der Waals surface area contributed by atoms with Crippen LogP contribution in [0.2, 0.25) is 0 Å². The van der Waals surface area contributed by atoms with E-state index in [0.29, 0.717) is 13.2 Å². The molecule has 0 rings (SSSR count). The van der Waals surface area contributed by atoms with E-state index in [2.05, 4.69) is 21.2 Å². The van der Waals surface area contributed by atoms with E-state index in [0.717, 1.165) is 18.2 Å². The highest BCUT2D eigenvalue weighted by Crippen LogP contribution is 1.88. The number of carbonyl (C=O) groups is 1. The second kappa shape index (κ2) is 7.85. The lowest BCUT2D eigenvalue weighted by molar-refractivity contribution is 0.147. The summed E-state index contributed by atoms with van der Waals surface area (Å²) in [6.45, 7) is 3.17. The number of halogens is 1. The summed E-state index contributed by atoms with van der Waals surface area (Å²) in [5.74, 6) is 0. The smallest absolute Gasteiger partial charge is 0.407 e. The minimum absolute atomic E-state index is 0.312. The summed E-state index contributed by atoms with van der Waals surface area (Å²) >= 11 is 3.24. The van der Waals surface area contributed by atoms with E-state index in [1.165, 1.54) is 0 Å². The summed E-state index contributed by atoms with van der Waals surface area (Å²) in [7, 11) is 0. The van der Waals surface area contributed by atoms with E-state index in [9.17, 15) is 4.79 Å². The Bertz CT molecular complexity index is 109. The zero-order valence-corrected chi connectivity index (χ0v) is 8.32. The van der Waals surface area contributed by atoms with Gasteiger partial charge >= 0.3 is 6.09 Å². The Labute approximate surface area is 75.6 Å². The molecule has 0 bridgehead atoms. The molecule has 66 valence electrons. The predicted octanol–water partition coefficient (Wildman–Crippen LogP) is 1.91. The number of hydrogen-bond donors (Lipinski definition) is 1. The second-order valence-corrected chi connectivity index (χ2v) is 2.90. The fourth-order valence-electron chi connectivity index (χ4n) is 0.498. The molecule has 0 radical (unpaired) electrons. The molecule has 1 amide bonds. The normalized spacial score (nSPS) is 9.27. The van der Waals surface area contributed by atoms with Crippen molar-refractivity contribution in [2.24, 2.45) is 0 Å². The van der Waals surface area contributed by atoms with Crippen molar-refractivity contribution in [2.45, 2.75) is 19.8 Å². The molecule has 0 saturated heterocycles. The molecule has 0 heterocycles. The fraction of sp³-hybridized carbons (Fsp3) is 0.857. The molecule has 1 N–H and O–H groups in total. The largest absolute Gasteiger partial charge is 0.450 e. The number of alkyl halides is 1. The van der Waals surface area contributed by atoms with Gasteiger partial charge in [-0.15, -0.1) is 0 Å². The van der Waals surface area contributed by atoms with E-state index in [4.69, 9.17) is 4.74 Å². The lowest BCUT2D eigenvalue weighted by Gasteiger charge is -2.03. The first-order valence-electron chi connectivity index (χ1n) is 3.77. The molecular formula is C7H14BrNO2. The molecule has 0 aromatic rings. The van der Waals surface area contributed by atoms with Crippen molar-refractivity contribution in [3.8, 4) is 0 Å². The SMILES string of the molecule is CCCNC(=O)OCCCBr. The number of carbonyl (C=O) groups excluding carboxylic acids is 1. The highest BCUT2D eigenvalue weighted by Gasteiger charge is 1.97. The van der Waals surface area contributed by atoms with Gasteiger partial charge in [0.1, 0.15) is 0 Å². The van der Waals surface area contributed by atoms with Gasteiger partial charge in [-0.3, -0.25) is 0 Å². The van der Waals surface area contributed by atoms with Crippen LogP contribution in [-0.4, -0.2) is 24.6 Å². The lowest BCUT2D eigenvalue weighted by Crippen LogP contribution is -2.25. The average molecular weight is 224 g/mol. The van der Waals surface area contributed by atoms with Crippen LogP contribution in [0, 0.1) is 0 Å². The number of ether oxygens (including phenoxy) is 1. The van der Waals surface area contributed by atoms with Gasteiger partial charge in [-0.25, -0.2) is 4.79 Å². The van der Waals surface area contributed by atoms with Crippen molar-refractivity contribution < 1.29 is 9.53 Å². The molecule has 0 aromatic carbocycles. The molecule has 3 nitrogen and oxygen atoms in total. The highest BCUT2D eigenvalue weighted by molar-refractivity contribution is 9.09. The molecule has 0 fully saturated rings. The van der Waals surface area contributed by atoms with Gasteiger partial charge in [0.15, 0.2) is 0 Å². The third kappa shape index (κ3) is 7.65. The van der Waals surface area contributed by atoms with Crippen molar-refractivity contribution in [1.82, 2.24) is 5.32 Å². The van der Waals surface area contributed by atoms with Crippen LogP contribution in [0.3, 0.4) is 0 Å². The number of rotatable bonds is 5. The van der Waals surface area contributed by atoms with E-state index in [1.54, 1.807) is 0 Å². The van der Waals surface area contributed by atoms with Crippen LogP contribution in [0.5, 0.6) is 0 Å². The summed E-state index contributed by atoms with van der Waals surface area (Å²) in [5, 5.41) is 3.48. The third-order valence-electron chi connectivity index (χ3n) is 1.03. The van der Waals surface area contributed by atoms with Gasteiger partial charge in [-0.05, 0) is 12.8 Å². The molecule has 4 heteroatoms. The predicted molar refractivity (Wildman–Crippen MR) is 48.1 cm³/mol. The van der Waals surface area contributed by atoms with Crippen LogP contribution in [-0.2, 0) is 4.74 Å². The Morgan fingerprint density at radius 2 is 2.36 bits per heavy atom. The molecule has 0 spiro atoms. The van der Waals surface area contributed by atoms with Crippen molar-refractivity contribution in [2.75, 3.05) is 18.5 Å². The summed E-state index contributed by atoms with van der Waals surface area (Å²) < 4.78 is 4.80. The van der Waals surface area contributed by atoms with Gasteiger partial charge in [0, 0.05) is 11.9 Å². The van der Waals surface area contributed by atoms with E-state index < -0.39 is 0 Å². The average Bonchev–Trinajstić information content (AvgIpc) is 2.01. The van der Waals surface area contributed by atoms with Gasteiger partial charge in [0.05, 0.1) is 6.61 Å². The maximum absolute atomic E-state index is 10.7. The van der Waals surface area contributed by atoms with Gasteiger partial charge < -0.3 is 10.1 Å². The first kappa shape index (κ1) is 10.8. The molecule has 0 aliphatic heterocycles. The van der Waals surface area contributed by atoms with Gasteiger partial charge in [-0.1, -0.05) is 22.9 Å². The van der Waals surface area contributed by atoms with Crippen LogP contribution in [0.4, 0.5) is 4.79 Å². The van der Waals surface area contributed by atoms with Crippen molar-refractivity contribution in [1.29, 1.82) is 0 Å². The molecular weight excluding hydrogens is 210 g/mol. The van der Waals surface area contributed by atoms with E-state index in [1.807, 2.05) is 6.92 Å². The number of amides is 1. The van der Waals surface area contributed by atoms with Gasteiger partial charge in [-0.2, -0.15) is 0 Å². The Balaban J connectivity index is 3.09. The molecule has 11 heavy (non-hydrogen) atoms. The Hall–Kier alpha value is -0.250. The number of alkyl carbamates (subject to hydrolysis) is 1. The van der Waals surface area contributed by atoms with E-state index in [-0.39, 0.29) is 6.09 Å². The van der Waals surface area contributed by atoms with Crippen LogP contribution in [0.15, 0.2) is 0 Å². The van der Waals surface area contributed by atoms with Gasteiger partial charge in [0.2, 0.25) is 0 Å². The molecule has 0 unspecified atom stereocenters. The lowest BCUT2D eigenvalue weighted by atomic mass is 10.5. The maximum atomic E-state index is 10.7. The minimum Gasteiger partial charge on any atom is -0.450 e. The summed E-state index contributed by atoms with van der Waals surface area (Å²) in [6, 6.07) is 0. The quantitative estimate of drug-likeness (QED) is 0.572. The Kier molecular flexibility index (Phi) is 7.67. The Morgan fingerprint density at radius 3 is 2.91 bits per heavy atom. The van der Waals surface area contributed by atoms with Crippen molar-refractivity contribution in [3.63, 3.8) is 0 Å². The fourth-order valence-corrected chi connectivity index (χ4v) is 0.726. The summed E-state index contributed by atoms with van der Waals surface area (Å²) in [6.07, 6.45) is 1.49. The van der Waals surface area contributed by atoms with Gasteiger partial charge in [0.25, 0.3) is 0 Å².